The van der Waals surface area contributed by atoms with E-state index in [1.807, 2.05) is 24.3 Å². The first kappa shape index (κ1) is 17.7. The first-order valence-corrected chi connectivity index (χ1v) is 9.97. The molecule has 0 aliphatic carbocycles. The van der Waals surface area contributed by atoms with Crippen LogP contribution in [0.5, 0.6) is 0 Å². The van der Waals surface area contributed by atoms with Crippen LogP contribution < -0.4 is 0 Å². The van der Waals surface area contributed by atoms with Gasteiger partial charge in [0.05, 0.1) is 16.4 Å². The summed E-state index contributed by atoms with van der Waals surface area (Å²) in [6.45, 7) is 7.98. The van der Waals surface area contributed by atoms with E-state index in [0.29, 0.717) is 10.9 Å². The molecule has 136 valence electrons. The van der Waals surface area contributed by atoms with E-state index < -0.39 is 0 Å². The third kappa shape index (κ3) is 4.32. The smallest absolute Gasteiger partial charge is 0.226 e. The molecule has 1 aliphatic rings. The first-order valence-electron chi connectivity index (χ1n) is 8.72. The van der Waals surface area contributed by atoms with Crippen molar-refractivity contribution >= 4 is 22.9 Å². The third-order valence-electron chi connectivity index (χ3n) is 4.53. The Morgan fingerprint density at radius 1 is 1.08 bits per heavy atom. The molecule has 5 nitrogen and oxygen atoms in total. The number of benzene rings is 1. The Hall–Kier alpha value is -1.73. The topological polar surface area (TPSA) is 45.4 Å². The monoisotopic (exact) mass is 388 g/mol. The van der Waals surface area contributed by atoms with Crippen LogP contribution in [0.3, 0.4) is 0 Å². The molecule has 1 aromatic carbocycles. The van der Waals surface area contributed by atoms with Crippen LogP contribution in [0.4, 0.5) is 0 Å². The lowest BCUT2D eigenvalue weighted by Gasteiger charge is -2.33. The van der Waals surface area contributed by atoms with Gasteiger partial charge < -0.3 is 4.42 Å². The van der Waals surface area contributed by atoms with E-state index in [1.165, 1.54) is 5.69 Å². The summed E-state index contributed by atoms with van der Waals surface area (Å²) < 4.78 is 5.64. The molecule has 0 amide bonds. The van der Waals surface area contributed by atoms with Gasteiger partial charge in [0.2, 0.25) is 5.89 Å². The van der Waals surface area contributed by atoms with Gasteiger partial charge in [-0.25, -0.2) is 9.97 Å². The van der Waals surface area contributed by atoms with Crippen molar-refractivity contribution in [1.82, 2.24) is 19.8 Å². The molecular formula is C19H21ClN4OS. The maximum absolute atomic E-state index is 6.04. The second-order valence-corrected chi connectivity index (χ2v) is 8.06. The summed E-state index contributed by atoms with van der Waals surface area (Å²) >= 11 is 7.77. The molecule has 2 aromatic heterocycles. The zero-order chi connectivity index (χ0) is 17.9. The summed E-state index contributed by atoms with van der Waals surface area (Å²) in [7, 11) is 0. The maximum Gasteiger partial charge on any atom is 0.226 e. The number of aromatic nitrogens is 2. The van der Waals surface area contributed by atoms with Gasteiger partial charge in [-0.05, 0) is 25.1 Å². The molecule has 7 heteroatoms. The van der Waals surface area contributed by atoms with Crippen LogP contribution in [0, 0.1) is 6.92 Å². The highest BCUT2D eigenvalue weighted by Crippen LogP contribution is 2.22. The van der Waals surface area contributed by atoms with E-state index in [2.05, 4.69) is 32.1 Å². The lowest BCUT2D eigenvalue weighted by Crippen LogP contribution is -2.45. The van der Waals surface area contributed by atoms with Gasteiger partial charge in [0.15, 0.2) is 0 Å². The normalized spacial score (nSPS) is 16.2. The van der Waals surface area contributed by atoms with Gasteiger partial charge in [-0.3, -0.25) is 9.80 Å². The van der Waals surface area contributed by atoms with E-state index in [-0.39, 0.29) is 0 Å². The third-order valence-corrected chi connectivity index (χ3v) is 5.58. The number of rotatable bonds is 5. The molecule has 1 aliphatic heterocycles. The molecule has 0 N–H and O–H groups in total. The number of thiazole rings is 1. The van der Waals surface area contributed by atoms with Crippen molar-refractivity contribution in [2.45, 2.75) is 20.0 Å². The van der Waals surface area contributed by atoms with Gasteiger partial charge in [0.1, 0.15) is 6.26 Å². The Morgan fingerprint density at radius 2 is 1.81 bits per heavy atom. The summed E-state index contributed by atoms with van der Waals surface area (Å²) in [5, 5.41) is 3.99. The van der Waals surface area contributed by atoms with Crippen LogP contribution in [0.1, 0.15) is 16.4 Å². The van der Waals surface area contributed by atoms with Crippen molar-refractivity contribution in [2.24, 2.45) is 0 Å². The zero-order valence-electron chi connectivity index (χ0n) is 14.7. The van der Waals surface area contributed by atoms with Gasteiger partial charge in [0.25, 0.3) is 0 Å². The predicted molar refractivity (Wildman–Crippen MR) is 104 cm³/mol. The van der Waals surface area contributed by atoms with Gasteiger partial charge >= 0.3 is 0 Å². The molecule has 0 bridgehead atoms. The summed E-state index contributed by atoms with van der Waals surface area (Å²) in [4.78, 5) is 14.1. The van der Waals surface area contributed by atoms with Crippen molar-refractivity contribution in [3.8, 4) is 11.5 Å². The lowest BCUT2D eigenvalue weighted by atomic mass is 10.2. The van der Waals surface area contributed by atoms with Crippen molar-refractivity contribution in [3.63, 3.8) is 0 Å². The zero-order valence-corrected chi connectivity index (χ0v) is 16.3. The molecule has 0 radical (unpaired) electrons. The van der Waals surface area contributed by atoms with E-state index >= 15 is 0 Å². The molecule has 4 rings (SSSR count). The Morgan fingerprint density at radius 3 is 2.46 bits per heavy atom. The minimum absolute atomic E-state index is 0.625. The quantitative estimate of drug-likeness (QED) is 0.659. The second kappa shape index (κ2) is 7.88. The van der Waals surface area contributed by atoms with Crippen molar-refractivity contribution in [2.75, 3.05) is 26.2 Å². The fraction of sp³-hybridized carbons (Fsp3) is 0.368. The lowest BCUT2D eigenvalue weighted by molar-refractivity contribution is 0.120. The molecule has 1 fully saturated rings. The van der Waals surface area contributed by atoms with Crippen LogP contribution in [0.15, 0.2) is 40.3 Å². The largest absolute Gasteiger partial charge is 0.444 e. The first-order chi connectivity index (χ1) is 12.7. The van der Waals surface area contributed by atoms with Crippen molar-refractivity contribution < 1.29 is 4.42 Å². The van der Waals surface area contributed by atoms with Crippen molar-refractivity contribution in [3.05, 3.63) is 57.3 Å². The van der Waals surface area contributed by atoms with Gasteiger partial charge in [0, 0.05) is 55.2 Å². The van der Waals surface area contributed by atoms with Crippen LogP contribution >= 0.6 is 22.9 Å². The molecule has 3 aromatic rings. The second-order valence-electron chi connectivity index (χ2n) is 6.56. The standard InChI is InChI=1S/C19H21ClN4OS/c1-14-21-18(13-26-14)11-24-7-5-23(6-8-24)10-17-12-25-19(22-17)15-3-2-4-16(20)9-15/h2-4,9,12-13H,5-8,10-11H2,1H3. The van der Waals surface area contributed by atoms with Crippen LogP contribution in [-0.2, 0) is 13.1 Å². The number of oxazole rings is 1. The Kier molecular flexibility index (Phi) is 5.36. The van der Waals surface area contributed by atoms with Crippen LogP contribution in [0.2, 0.25) is 5.02 Å². The molecule has 0 spiro atoms. The summed E-state index contributed by atoms with van der Waals surface area (Å²) in [6, 6.07) is 7.59. The van der Waals surface area contributed by atoms with Crippen LogP contribution in [-0.4, -0.2) is 45.9 Å². The predicted octanol–water partition coefficient (Wildman–Crippen LogP) is 4.08. The summed E-state index contributed by atoms with van der Waals surface area (Å²) in [5.41, 5.74) is 3.05. The molecule has 0 saturated carbocycles. The number of aryl methyl sites for hydroxylation is 1. The highest BCUT2D eigenvalue weighted by molar-refractivity contribution is 7.09. The SMILES string of the molecule is Cc1nc(CN2CCN(Cc3coc(-c4cccc(Cl)c4)n3)CC2)cs1. The minimum Gasteiger partial charge on any atom is -0.444 e. The average Bonchev–Trinajstić information content (AvgIpc) is 3.26. The molecular weight excluding hydrogens is 368 g/mol. The number of halogens is 1. The summed E-state index contributed by atoms with van der Waals surface area (Å²) in [5.74, 6) is 0.625. The van der Waals surface area contributed by atoms with Gasteiger partial charge in [-0.2, -0.15) is 0 Å². The molecule has 0 unspecified atom stereocenters. The highest BCUT2D eigenvalue weighted by Gasteiger charge is 2.19. The van der Waals surface area contributed by atoms with E-state index in [4.69, 9.17) is 16.0 Å². The van der Waals surface area contributed by atoms with Crippen LogP contribution in [0.25, 0.3) is 11.5 Å². The number of piperazine rings is 1. The number of nitrogens with zero attached hydrogens (tertiary/aromatic N) is 4. The molecule has 0 atom stereocenters. The van der Waals surface area contributed by atoms with E-state index in [9.17, 15) is 0 Å². The molecule has 26 heavy (non-hydrogen) atoms. The summed E-state index contributed by atoms with van der Waals surface area (Å²) in [6.07, 6.45) is 1.75. The number of hydrogen-bond acceptors (Lipinski definition) is 6. The Balaban J connectivity index is 1.30. The average molecular weight is 389 g/mol. The van der Waals surface area contributed by atoms with Crippen molar-refractivity contribution in [1.29, 1.82) is 0 Å². The fourth-order valence-corrected chi connectivity index (χ4v) is 3.97. The van der Waals surface area contributed by atoms with Gasteiger partial charge in [-0.15, -0.1) is 11.3 Å². The molecule has 3 heterocycles. The molecule has 1 saturated heterocycles. The Labute approximate surface area is 162 Å². The van der Waals surface area contributed by atoms with E-state index in [0.717, 1.165) is 55.5 Å². The fourth-order valence-electron chi connectivity index (χ4n) is 3.18. The highest BCUT2D eigenvalue weighted by atomic mass is 35.5. The van der Waals surface area contributed by atoms with E-state index in [1.54, 1.807) is 17.6 Å². The van der Waals surface area contributed by atoms with Gasteiger partial charge in [-0.1, -0.05) is 17.7 Å². The number of hydrogen-bond donors (Lipinski definition) is 0. The minimum atomic E-state index is 0.625. The maximum atomic E-state index is 6.04. The Bertz CT molecular complexity index is 870.